The second kappa shape index (κ2) is 6.84. The molecule has 1 aromatic carbocycles. The van der Waals surface area contributed by atoms with E-state index in [1.807, 2.05) is 12.1 Å². The average Bonchev–Trinajstić information content (AvgIpc) is 3.50. The molecule has 3 rings (SSSR count). The second-order valence-electron chi connectivity index (χ2n) is 7.96. The van der Waals surface area contributed by atoms with Gasteiger partial charge in [-0.25, -0.2) is 0 Å². The molecule has 2 fully saturated rings. The lowest BCUT2D eigenvalue weighted by Crippen LogP contribution is -2.16. The molecule has 0 N–H and O–H groups in total. The quantitative estimate of drug-likeness (QED) is 0.601. The summed E-state index contributed by atoms with van der Waals surface area (Å²) in [7, 11) is 1.76. The molecule has 3 unspecified atom stereocenters. The van der Waals surface area contributed by atoms with Gasteiger partial charge in [0, 0.05) is 25.6 Å². The first-order valence-electron chi connectivity index (χ1n) is 9.32. The molecule has 24 heavy (non-hydrogen) atoms. The lowest BCUT2D eigenvalue weighted by Gasteiger charge is -2.17. The number of hydrogen-bond acceptors (Lipinski definition) is 2. The Kier molecular flexibility index (Phi) is 4.96. The molecule has 2 saturated carbocycles. The largest absolute Gasteiger partial charge is 0.384 e. The van der Waals surface area contributed by atoms with Gasteiger partial charge in [-0.2, -0.15) is 0 Å². The maximum atomic E-state index is 12.6. The Bertz CT molecular complexity index is 600. The molecular weight excluding hydrogens is 296 g/mol. The monoisotopic (exact) mass is 326 g/mol. The van der Waals surface area contributed by atoms with Crippen LogP contribution in [-0.2, 0) is 14.9 Å². The van der Waals surface area contributed by atoms with Crippen LogP contribution in [0.5, 0.6) is 0 Å². The number of hydrogen-bond donors (Lipinski definition) is 0. The number of methoxy groups -OCH3 is 1. The van der Waals surface area contributed by atoms with E-state index in [4.69, 9.17) is 4.74 Å². The molecule has 0 radical (unpaired) electrons. The Labute approximate surface area is 146 Å². The summed E-state index contributed by atoms with van der Waals surface area (Å²) in [5.74, 6) is 1.49. The van der Waals surface area contributed by atoms with E-state index < -0.39 is 0 Å². The van der Waals surface area contributed by atoms with Crippen LogP contribution in [-0.4, -0.2) is 19.5 Å². The van der Waals surface area contributed by atoms with Gasteiger partial charge in [-0.1, -0.05) is 50.3 Å². The molecule has 3 atom stereocenters. The molecule has 0 heterocycles. The summed E-state index contributed by atoms with van der Waals surface area (Å²) in [5, 5.41) is 0. The molecule has 0 bridgehead atoms. The first-order valence-corrected chi connectivity index (χ1v) is 9.32. The van der Waals surface area contributed by atoms with Crippen molar-refractivity contribution in [2.75, 3.05) is 13.7 Å². The van der Waals surface area contributed by atoms with Gasteiger partial charge in [0.1, 0.15) is 0 Å². The first kappa shape index (κ1) is 17.4. The number of ether oxygens (including phenoxy) is 1. The summed E-state index contributed by atoms with van der Waals surface area (Å²) >= 11 is 0. The summed E-state index contributed by atoms with van der Waals surface area (Å²) < 4.78 is 5.30. The van der Waals surface area contributed by atoms with Crippen molar-refractivity contribution in [1.82, 2.24) is 0 Å². The highest BCUT2D eigenvalue weighted by Crippen LogP contribution is 2.61. The minimum atomic E-state index is 0.128. The highest BCUT2D eigenvalue weighted by molar-refractivity contribution is 5.90. The summed E-state index contributed by atoms with van der Waals surface area (Å²) in [6.07, 6.45) is 9.33. The van der Waals surface area contributed by atoms with Gasteiger partial charge in [-0.05, 0) is 54.6 Å². The summed E-state index contributed by atoms with van der Waals surface area (Å²) in [6.45, 7) is 5.27. The molecule has 130 valence electrons. The third kappa shape index (κ3) is 3.49. The number of carbonyl (C=O) groups is 1. The van der Waals surface area contributed by atoms with Crippen LogP contribution in [0.1, 0.15) is 51.5 Å². The van der Waals surface area contributed by atoms with Crippen LogP contribution in [0.15, 0.2) is 42.5 Å². The van der Waals surface area contributed by atoms with Crippen molar-refractivity contribution in [2.24, 2.45) is 17.3 Å². The number of rotatable bonds is 9. The van der Waals surface area contributed by atoms with Crippen molar-refractivity contribution < 1.29 is 9.53 Å². The lowest BCUT2D eigenvalue weighted by atomic mass is 9.88. The third-order valence-electron chi connectivity index (χ3n) is 6.33. The second-order valence-corrected chi connectivity index (χ2v) is 7.96. The zero-order chi connectivity index (χ0) is 17.2. The van der Waals surface area contributed by atoms with Crippen LogP contribution >= 0.6 is 0 Å². The zero-order valence-electron chi connectivity index (χ0n) is 15.3. The van der Waals surface area contributed by atoms with E-state index in [2.05, 4.69) is 44.2 Å². The summed E-state index contributed by atoms with van der Waals surface area (Å²) in [4.78, 5) is 12.6. The van der Waals surface area contributed by atoms with Crippen molar-refractivity contribution in [3.8, 4) is 0 Å². The molecule has 0 aromatic heterocycles. The molecule has 0 spiro atoms. The van der Waals surface area contributed by atoms with E-state index in [0.717, 1.165) is 25.9 Å². The summed E-state index contributed by atoms with van der Waals surface area (Å²) in [5.41, 5.74) is 1.70. The van der Waals surface area contributed by atoms with Crippen molar-refractivity contribution in [2.45, 2.75) is 51.4 Å². The standard InChI is InChI=1S/C22H30O2/c1-4-21(15-20(21)17(2)16-24-3)14-19(23)10-11-22(12-13-22)18-8-6-5-7-9-18/h5-11,17,20H,4,12-16H2,1-3H3/b11-10+. The number of carbonyl (C=O) groups excluding carboxylic acids is 1. The van der Waals surface area contributed by atoms with Crippen molar-refractivity contribution >= 4 is 5.78 Å². The van der Waals surface area contributed by atoms with Gasteiger partial charge in [0.2, 0.25) is 0 Å². The van der Waals surface area contributed by atoms with Crippen molar-refractivity contribution in [3.63, 3.8) is 0 Å². The predicted molar refractivity (Wildman–Crippen MR) is 98.0 cm³/mol. The Hall–Kier alpha value is -1.41. The van der Waals surface area contributed by atoms with Crippen LogP contribution in [0.25, 0.3) is 0 Å². The minimum Gasteiger partial charge on any atom is -0.384 e. The number of allylic oxidation sites excluding steroid dienone is 2. The fourth-order valence-corrected chi connectivity index (χ4v) is 4.41. The third-order valence-corrected chi connectivity index (χ3v) is 6.33. The summed E-state index contributed by atoms with van der Waals surface area (Å²) in [6, 6.07) is 10.6. The van der Waals surface area contributed by atoms with E-state index in [9.17, 15) is 4.79 Å². The van der Waals surface area contributed by atoms with E-state index in [-0.39, 0.29) is 10.8 Å². The SMILES string of the molecule is CCC1(CC(=O)/C=C/C2(c3ccccc3)CC2)CC1C(C)COC. The van der Waals surface area contributed by atoms with Crippen LogP contribution in [0.2, 0.25) is 0 Å². The Morgan fingerprint density at radius 3 is 2.62 bits per heavy atom. The molecule has 2 heteroatoms. The molecule has 1 aromatic rings. The maximum absolute atomic E-state index is 12.6. The lowest BCUT2D eigenvalue weighted by molar-refractivity contribution is -0.116. The van der Waals surface area contributed by atoms with Gasteiger partial charge in [0.15, 0.2) is 5.78 Å². The predicted octanol–water partition coefficient (Wildman–Crippen LogP) is 4.93. The fraction of sp³-hybridized carbons (Fsp3) is 0.591. The highest BCUT2D eigenvalue weighted by atomic mass is 16.5. The van der Waals surface area contributed by atoms with Gasteiger partial charge in [-0.15, -0.1) is 0 Å². The number of benzene rings is 1. The van der Waals surface area contributed by atoms with Gasteiger partial charge < -0.3 is 4.74 Å². The van der Waals surface area contributed by atoms with Crippen molar-refractivity contribution in [1.29, 1.82) is 0 Å². The van der Waals surface area contributed by atoms with Crippen LogP contribution < -0.4 is 0 Å². The maximum Gasteiger partial charge on any atom is 0.155 e. The van der Waals surface area contributed by atoms with Crippen LogP contribution in [0.3, 0.4) is 0 Å². The van der Waals surface area contributed by atoms with E-state index in [1.165, 1.54) is 12.0 Å². The van der Waals surface area contributed by atoms with E-state index >= 15 is 0 Å². The van der Waals surface area contributed by atoms with E-state index in [1.54, 1.807) is 7.11 Å². The van der Waals surface area contributed by atoms with Gasteiger partial charge in [0.25, 0.3) is 0 Å². The van der Waals surface area contributed by atoms with E-state index in [0.29, 0.717) is 24.0 Å². The molecule has 0 aliphatic heterocycles. The van der Waals surface area contributed by atoms with Gasteiger partial charge in [0.05, 0.1) is 0 Å². The molecule has 0 saturated heterocycles. The normalized spacial score (nSPS) is 28.7. The number of ketones is 1. The average molecular weight is 326 g/mol. The highest BCUT2D eigenvalue weighted by Gasteiger charge is 2.55. The smallest absolute Gasteiger partial charge is 0.155 e. The van der Waals surface area contributed by atoms with Crippen molar-refractivity contribution in [3.05, 3.63) is 48.0 Å². The topological polar surface area (TPSA) is 26.3 Å². The van der Waals surface area contributed by atoms with Crippen LogP contribution in [0, 0.1) is 17.3 Å². The molecule has 2 aliphatic rings. The van der Waals surface area contributed by atoms with Gasteiger partial charge >= 0.3 is 0 Å². The Morgan fingerprint density at radius 1 is 1.33 bits per heavy atom. The Balaban J connectivity index is 1.60. The molecule has 2 aliphatic carbocycles. The molecule has 2 nitrogen and oxygen atoms in total. The molecular formula is C22H30O2. The first-order chi connectivity index (χ1) is 11.6. The molecule has 0 amide bonds. The van der Waals surface area contributed by atoms with Gasteiger partial charge in [-0.3, -0.25) is 4.79 Å². The Morgan fingerprint density at radius 2 is 2.04 bits per heavy atom. The fourth-order valence-electron chi connectivity index (χ4n) is 4.41. The van der Waals surface area contributed by atoms with Crippen LogP contribution in [0.4, 0.5) is 0 Å². The minimum absolute atomic E-state index is 0.128. The zero-order valence-corrected chi connectivity index (χ0v) is 15.3.